The predicted octanol–water partition coefficient (Wildman–Crippen LogP) is 5.01. The van der Waals surface area contributed by atoms with E-state index in [2.05, 4.69) is 27.0 Å². The number of carbonyl (C=O) groups excluding carboxylic acids is 1. The van der Waals surface area contributed by atoms with E-state index in [0.29, 0.717) is 16.7 Å². The summed E-state index contributed by atoms with van der Waals surface area (Å²) >= 11 is 1.31. The molecule has 0 spiro atoms. The second-order valence-corrected chi connectivity index (χ2v) is 9.51. The normalized spacial score (nSPS) is 16.8. The molecule has 3 aromatic carbocycles. The standard InChI is InChI=1S/C26H24FN5O2S/c1-16-12-17(2)14-20(13-16)28-25(33)24-23(18-8-10-19(27)11-9-18)31-32-22(29-30-26(32)35-24)15-34-21-6-4-3-5-7-21/h3-14,23-24,31H,15H2,1-2H3,(H,28,33)/t23-,24-/m0/s1. The van der Waals surface area contributed by atoms with Gasteiger partial charge in [-0.15, -0.1) is 10.2 Å². The van der Waals surface area contributed by atoms with Gasteiger partial charge < -0.3 is 15.5 Å². The molecule has 0 unspecified atom stereocenters. The Kier molecular flexibility index (Phi) is 6.41. The number of hydrogen-bond acceptors (Lipinski definition) is 6. The van der Waals surface area contributed by atoms with Gasteiger partial charge in [0.15, 0.2) is 5.82 Å². The molecule has 9 heteroatoms. The monoisotopic (exact) mass is 489 g/mol. The molecule has 0 saturated heterocycles. The predicted molar refractivity (Wildman–Crippen MR) is 133 cm³/mol. The van der Waals surface area contributed by atoms with Crippen LogP contribution in [0.4, 0.5) is 10.1 Å². The Hall–Kier alpha value is -3.85. The maximum Gasteiger partial charge on any atom is 0.240 e. The number of hydrogen-bond donors (Lipinski definition) is 2. The maximum atomic E-state index is 13.6. The summed E-state index contributed by atoms with van der Waals surface area (Å²) in [7, 11) is 0. The summed E-state index contributed by atoms with van der Waals surface area (Å²) in [6.45, 7) is 4.17. The first-order chi connectivity index (χ1) is 17.0. The second-order valence-electron chi connectivity index (χ2n) is 8.40. The van der Waals surface area contributed by atoms with E-state index in [9.17, 15) is 9.18 Å². The van der Waals surface area contributed by atoms with Crippen molar-refractivity contribution in [3.8, 4) is 5.75 Å². The van der Waals surface area contributed by atoms with Crippen LogP contribution in [0.2, 0.25) is 0 Å². The quantitative estimate of drug-likeness (QED) is 0.396. The van der Waals surface area contributed by atoms with Crippen molar-refractivity contribution in [2.75, 3.05) is 10.7 Å². The summed E-state index contributed by atoms with van der Waals surface area (Å²) in [6.07, 6.45) is 0. The van der Waals surface area contributed by atoms with Gasteiger partial charge in [-0.05, 0) is 66.9 Å². The topological polar surface area (TPSA) is 81.1 Å². The van der Waals surface area contributed by atoms with Crippen LogP contribution < -0.4 is 15.5 Å². The molecule has 1 amide bonds. The van der Waals surface area contributed by atoms with E-state index in [-0.39, 0.29) is 18.3 Å². The zero-order chi connectivity index (χ0) is 24.4. The Morgan fingerprint density at radius 1 is 1.06 bits per heavy atom. The number of anilines is 1. The van der Waals surface area contributed by atoms with Crippen LogP contribution in [0.25, 0.3) is 0 Å². The number of ether oxygens (including phenoxy) is 1. The van der Waals surface area contributed by atoms with Crippen LogP contribution in [0.5, 0.6) is 5.75 Å². The number of aromatic nitrogens is 3. The van der Waals surface area contributed by atoms with Crippen LogP contribution in [0, 0.1) is 19.7 Å². The molecule has 1 aromatic heterocycles. The number of carbonyl (C=O) groups is 1. The van der Waals surface area contributed by atoms with Gasteiger partial charge in [-0.3, -0.25) is 4.79 Å². The van der Waals surface area contributed by atoms with E-state index in [4.69, 9.17) is 4.74 Å². The molecule has 2 atom stereocenters. The average molecular weight is 490 g/mol. The highest BCUT2D eigenvalue weighted by Gasteiger charge is 2.38. The fourth-order valence-electron chi connectivity index (χ4n) is 4.04. The van der Waals surface area contributed by atoms with Crippen LogP contribution in [0.15, 0.2) is 78.0 Å². The van der Waals surface area contributed by atoms with E-state index in [1.165, 1.54) is 23.9 Å². The van der Waals surface area contributed by atoms with Crippen LogP contribution in [-0.4, -0.2) is 26.0 Å². The van der Waals surface area contributed by atoms with Gasteiger partial charge >= 0.3 is 0 Å². The number of aryl methyl sites for hydroxylation is 2. The summed E-state index contributed by atoms with van der Waals surface area (Å²) in [4.78, 5) is 13.4. The zero-order valence-electron chi connectivity index (χ0n) is 19.2. The van der Waals surface area contributed by atoms with Crippen molar-refractivity contribution >= 4 is 23.4 Å². The maximum absolute atomic E-state index is 13.6. The lowest BCUT2D eigenvalue weighted by Crippen LogP contribution is -2.41. The van der Waals surface area contributed by atoms with E-state index >= 15 is 0 Å². The fourth-order valence-corrected chi connectivity index (χ4v) is 5.14. The molecule has 0 fully saturated rings. The van der Waals surface area contributed by atoms with Crippen LogP contribution in [0.3, 0.4) is 0 Å². The van der Waals surface area contributed by atoms with Crippen molar-refractivity contribution in [2.24, 2.45) is 0 Å². The molecule has 35 heavy (non-hydrogen) atoms. The van der Waals surface area contributed by atoms with Crippen LogP contribution in [-0.2, 0) is 11.4 Å². The molecule has 1 aliphatic rings. The minimum Gasteiger partial charge on any atom is -0.486 e. The molecule has 0 bridgehead atoms. The SMILES string of the molecule is Cc1cc(C)cc(NC(=O)[C@H]2Sc3nnc(COc4ccccc4)n3N[C@H]2c2ccc(F)cc2)c1. The molecule has 2 N–H and O–H groups in total. The van der Waals surface area contributed by atoms with Gasteiger partial charge in [0.2, 0.25) is 11.1 Å². The van der Waals surface area contributed by atoms with Crippen molar-refractivity contribution in [2.45, 2.75) is 36.9 Å². The molecule has 178 valence electrons. The van der Waals surface area contributed by atoms with Crippen LogP contribution >= 0.6 is 11.8 Å². The van der Waals surface area contributed by atoms with Gasteiger partial charge in [-0.25, -0.2) is 9.07 Å². The highest BCUT2D eigenvalue weighted by atomic mass is 32.2. The first kappa shape index (κ1) is 22.9. The summed E-state index contributed by atoms with van der Waals surface area (Å²) in [5.74, 6) is 0.763. The fraction of sp³-hybridized carbons (Fsp3) is 0.192. The number of para-hydroxylation sites is 1. The third kappa shape index (κ3) is 5.14. The third-order valence-corrected chi connectivity index (χ3v) is 6.81. The molecular weight excluding hydrogens is 465 g/mol. The summed E-state index contributed by atoms with van der Waals surface area (Å²) in [5, 5.41) is 11.6. The van der Waals surface area contributed by atoms with E-state index in [1.54, 1.807) is 16.8 Å². The minimum absolute atomic E-state index is 0.182. The second kappa shape index (κ2) is 9.79. The molecular formula is C26H24FN5O2S. The molecule has 2 heterocycles. The molecule has 0 radical (unpaired) electrons. The van der Waals surface area contributed by atoms with Crippen molar-refractivity contribution in [1.82, 2.24) is 14.9 Å². The number of thioether (sulfide) groups is 1. The lowest BCUT2D eigenvalue weighted by Gasteiger charge is -2.33. The summed E-state index contributed by atoms with van der Waals surface area (Å²) in [6, 6.07) is 21.0. The van der Waals surface area contributed by atoms with Gasteiger partial charge in [0.05, 0.1) is 6.04 Å². The van der Waals surface area contributed by atoms with Gasteiger partial charge in [0.1, 0.15) is 23.4 Å². The Bertz CT molecular complexity index is 1320. The molecule has 4 aromatic rings. The van der Waals surface area contributed by atoms with Crippen molar-refractivity contribution in [1.29, 1.82) is 0 Å². The van der Waals surface area contributed by atoms with Crippen molar-refractivity contribution < 1.29 is 13.9 Å². The molecule has 0 aliphatic carbocycles. The number of nitrogens with one attached hydrogen (secondary N) is 2. The van der Waals surface area contributed by atoms with Gasteiger partial charge in [0, 0.05) is 5.69 Å². The number of fused-ring (bicyclic) bond motifs is 1. The molecule has 7 nitrogen and oxygen atoms in total. The Morgan fingerprint density at radius 2 is 1.77 bits per heavy atom. The number of nitrogens with zero attached hydrogens (tertiary/aromatic N) is 3. The third-order valence-electron chi connectivity index (χ3n) is 5.59. The zero-order valence-corrected chi connectivity index (χ0v) is 20.1. The van der Waals surface area contributed by atoms with Gasteiger partial charge in [0.25, 0.3) is 0 Å². The van der Waals surface area contributed by atoms with Crippen LogP contribution in [0.1, 0.15) is 28.6 Å². The molecule has 0 saturated carbocycles. The Labute approximate surface area is 206 Å². The number of rotatable bonds is 6. The summed E-state index contributed by atoms with van der Waals surface area (Å²) < 4.78 is 21.2. The minimum atomic E-state index is -0.569. The van der Waals surface area contributed by atoms with E-state index in [1.807, 2.05) is 56.3 Å². The summed E-state index contributed by atoms with van der Waals surface area (Å²) in [5.41, 5.74) is 6.99. The highest BCUT2D eigenvalue weighted by molar-refractivity contribution is 8.00. The lowest BCUT2D eigenvalue weighted by atomic mass is 10.0. The average Bonchev–Trinajstić information content (AvgIpc) is 3.24. The smallest absolute Gasteiger partial charge is 0.240 e. The lowest BCUT2D eigenvalue weighted by molar-refractivity contribution is -0.116. The Balaban J connectivity index is 1.42. The molecule has 1 aliphatic heterocycles. The van der Waals surface area contributed by atoms with E-state index in [0.717, 1.165) is 22.4 Å². The van der Waals surface area contributed by atoms with Crippen molar-refractivity contribution in [3.63, 3.8) is 0 Å². The Morgan fingerprint density at radius 3 is 2.49 bits per heavy atom. The highest BCUT2D eigenvalue weighted by Crippen LogP contribution is 2.38. The molecule has 5 rings (SSSR count). The number of halogens is 1. The first-order valence-electron chi connectivity index (χ1n) is 11.2. The van der Waals surface area contributed by atoms with Gasteiger partial charge in [-0.2, -0.15) is 0 Å². The van der Waals surface area contributed by atoms with Crippen molar-refractivity contribution in [3.05, 3.63) is 101 Å². The first-order valence-corrected chi connectivity index (χ1v) is 12.0. The van der Waals surface area contributed by atoms with Gasteiger partial charge in [-0.1, -0.05) is 48.2 Å². The number of benzene rings is 3. The van der Waals surface area contributed by atoms with E-state index < -0.39 is 11.3 Å². The number of amides is 1. The largest absolute Gasteiger partial charge is 0.486 e.